The second-order valence-corrected chi connectivity index (χ2v) is 6.11. The molecule has 1 atom stereocenters. The van der Waals surface area contributed by atoms with E-state index in [1.165, 1.54) is 0 Å². The lowest BCUT2D eigenvalue weighted by Crippen LogP contribution is -2.32. The predicted octanol–water partition coefficient (Wildman–Crippen LogP) is 3.02. The van der Waals surface area contributed by atoms with Crippen LogP contribution >= 0.6 is 12.4 Å². The van der Waals surface area contributed by atoms with Gasteiger partial charge < -0.3 is 24.7 Å². The second kappa shape index (κ2) is 12.6. The van der Waals surface area contributed by atoms with Gasteiger partial charge in [-0.25, -0.2) is 0 Å². The molecule has 0 spiro atoms. The fourth-order valence-electron chi connectivity index (χ4n) is 2.33. The molecular formula is C21H26ClNO6. The first-order valence-corrected chi connectivity index (χ1v) is 8.85. The van der Waals surface area contributed by atoms with Gasteiger partial charge in [-0.15, -0.1) is 12.4 Å². The van der Waals surface area contributed by atoms with E-state index in [0.29, 0.717) is 0 Å². The van der Waals surface area contributed by atoms with Crippen molar-refractivity contribution in [3.05, 3.63) is 59.7 Å². The summed E-state index contributed by atoms with van der Waals surface area (Å²) in [6, 6.07) is 13.5. The lowest BCUT2D eigenvalue weighted by molar-refractivity contribution is -0.148. The number of benzene rings is 2. The first kappa shape index (κ1) is 24.3. The number of esters is 2. The maximum absolute atomic E-state index is 12.0. The molecule has 0 aromatic heterocycles. The van der Waals surface area contributed by atoms with Crippen LogP contribution in [0.1, 0.15) is 24.0 Å². The average Bonchev–Trinajstić information content (AvgIpc) is 2.74. The van der Waals surface area contributed by atoms with E-state index < -0.39 is 18.0 Å². The highest BCUT2D eigenvalue weighted by molar-refractivity contribution is 5.85. The number of carbonyl (C=O) groups is 2. The Kier molecular flexibility index (Phi) is 10.6. The molecular weight excluding hydrogens is 398 g/mol. The molecule has 0 aliphatic rings. The topological polar surface area (TPSA) is 97.1 Å². The monoisotopic (exact) mass is 423 g/mol. The Morgan fingerprint density at radius 1 is 0.828 bits per heavy atom. The van der Waals surface area contributed by atoms with Gasteiger partial charge in [-0.3, -0.25) is 9.59 Å². The molecule has 0 heterocycles. The number of methoxy groups -OCH3 is 2. The number of nitrogens with two attached hydrogens (primary N) is 1. The summed E-state index contributed by atoms with van der Waals surface area (Å²) < 4.78 is 20.5. The summed E-state index contributed by atoms with van der Waals surface area (Å²) in [6.07, 6.45) is 0.192. The van der Waals surface area contributed by atoms with Crippen LogP contribution in [0.4, 0.5) is 0 Å². The SMILES string of the molecule is COc1ccc(COC(=O)CC[C@H](N)C(=O)OCc2ccc(OC)cc2)cc1.Cl. The Hall–Kier alpha value is -2.77. The van der Waals surface area contributed by atoms with Crippen LogP contribution in [0.25, 0.3) is 0 Å². The first-order valence-electron chi connectivity index (χ1n) is 8.85. The van der Waals surface area contributed by atoms with Crippen molar-refractivity contribution < 1.29 is 28.5 Å². The molecule has 0 bridgehead atoms. The minimum atomic E-state index is -0.883. The molecule has 29 heavy (non-hydrogen) atoms. The molecule has 2 aromatic carbocycles. The smallest absolute Gasteiger partial charge is 0.323 e. The molecule has 158 valence electrons. The zero-order valence-corrected chi connectivity index (χ0v) is 17.3. The molecule has 0 amide bonds. The van der Waals surface area contributed by atoms with Crippen LogP contribution < -0.4 is 15.2 Å². The summed E-state index contributed by atoms with van der Waals surface area (Å²) in [4.78, 5) is 23.8. The van der Waals surface area contributed by atoms with Crippen molar-refractivity contribution in [2.24, 2.45) is 5.73 Å². The molecule has 0 saturated carbocycles. The molecule has 2 N–H and O–H groups in total. The van der Waals surface area contributed by atoms with Gasteiger partial charge >= 0.3 is 11.9 Å². The Morgan fingerprint density at radius 3 is 1.72 bits per heavy atom. The Balaban J connectivity index is 0.00000420. The zero-order valence-electron chi connectivity index (χ0n) is 16.5. The number of halogens is 1. The van der Waals surface area contributed by atoms with E-state index in [2.05, 4.69) is 0 Å². The molecule has 2 aromatic rings. The summed E-state index contributed by atoms with van der Waals surface area (Å²) in [5.41, 5.74) is 7.46. The van der Waals surface area contributed by atoms with Crippen molar-refractivity contribution >= 4 is 24.3 Å². The highest BCUT2D eigenvalue weighted by Gasteiger charge is 2.17. The number of hydrogen-bond acceptors (Lipinski definition) is 7. The highest BCUT2D eigenvalue weighted by atomic mass is 35.5. The van der Waals surface area contributed by atoms with Crippen LogP contribution in [-0.4, -0.2) is 32.2 Å². The van der Waals surface area contributed by atoms with Crippen molar-refractivity contribution in [2.45, 2.75) is 32.1 Å². The van der Waals surface area contributed by atoms with Crippen molar-refractivity contribution in [1.82, 2.24) is 0 Å². The summed E-state index contributed by atoms with van der Waals surface area (Å²) in [7, 11) is 3.16. The third kappa shape index (κ3) is 8.41. The minimum Gasteiger partial charge on any atom is -0.497 e. The van der Waals surface area contributed by atoms with Gasteiger partial charge in [0.05, 0.1) is 14.2 Å². The Labute approximate surface area is 176 Å². The van der Waals surface area contributed by atoms with Crippen LogP contribution in [0.2, 0.25) is 0 Å². The van der Waals surface area contributed by atoms with E-state index in [9.17, 15) is 9.59 Å². The molecule has 0 unspecified atom stereocenters. The van der Waals surface area contributed by atoms with Gasteiger partial charge in [0.2, 0.25) is 0 Å². The van der Waals surface area contributed by atoms with Crippen molar-refractivity contribution in [3.63, 3.8) is 0 Å². The van der Waals surface area contributed by atoms with Crippen molar-refractivity contribution in [2.75, 3.05) is 14.2 Å². The van der Waals surface area contributed by atoms with Crippen LogP contribution in [-0.2, 0) is 32.3 Å². The van der Waals surface area contributed by atoms with E-state index in [1.807, 2.05) is 12.1 Å². The van der Waals surface area contributed by atoms with E-state index in [-0.39, 0.29) is 38.5 Å². The number of rotatable bonds is 10. The summed E-state index contributed by atoms with van der Waals surface area (Å²) in [5, 5.41) is 0. The molecule has 0 saturated heterocycles. The number of carbonyl (C=O) groups excluding carboxylic acids is 2. The van der Waals surface area contributed by atoms with Gasteiger partial charge in [-0.1, -0.05) is 24.3 Å². The maximum atomic E-state index is 12.0. The van der Waals surface area contributed by atoms with E-state index in [4.69, 9.17) is 24.7 Å². The second-order valence-electron chi connectivity index (χ2n) is 6.11. The normalized spacial score (nSPS) is 11.0. The van der Waals surface area contributed by atoms with E-state index in [1.54, 1.807) is 50.6 Å². The molecule has 8 heteroatoms. The van der Waals surface area contributed by atoms with Gasteiger partial charge in [0.15, 0.2) is 0 Å². The lowest BCUT2D eigenvalue weighted by atomic mass is 10.1. The van der Waals surface area contributed by atoms with Gasteiger partial charge in [-0.05, 0) is 41.8 Å². The highest BCUT2D eigenvalue weighted by Crippen LogP contribution is 2.13. The van der Waals surface area contributed by atoms with Crippen LogP contribution in [0.3, 0.4) is 0 Å². The summed E-state index contributed by atoms with van der Waals surface area (Å²) in [6.45, 7) is 0.262. The van der Waals surface area contributed by atoms with E-state index >= 15 is 0 Å². The Morgan fingerprint density at radius 2 is 1.28 bits per heavy atom. The maximum Gasteiger partial charge on any atom is 0.323 e. The molecule has 7 nitrogen and oxygen atoms in total. The quantitative estimate of drug-likeness (QED) is 0.586. The molecule has 0 aliphatic carbocycles. The van der Waals surface area contributed by atoms with Crippen LogP contribution in [0, 0.1) is 0 Å². The minimum absolute atomic E-state index is 0. The van der Waals surface area contributed by atoms with Crippen molar-refractivity contribution in [3.8, 4) is 11.5 Å². The van der Waals surface area contributed by atoms with Crippen LogP contribution in [0.15, 0.2) is 48.5 Å². The summed E-state index contributed by atoms with van der Waals surface area (Å²) in [5.74, 6) is 0.474. The fraction of sp³-hybridized carbons (Fsp3) is 0.333. The van der Waals surface area contributed by atoms with Crippen molar-refractivity contribution in [1.29, 1.82) is 0 Å². The molecule has 2 rings (SSSR count). The van der Waals surface area contributed by atoms with Gasteiger partial charge in [0.1, 0.15) is 30.8 Å². The van der Waals surface area contributed by atoms with E-state index in [0.717, 1.165) is 22.6 Å². The third-order valence-electron chi connectivity index (χ3n) is 4.06. The predicted molar refractivity (Wildman–Crippen MR) is 110 cm³/mol. The largest absolute Gasteiger partial charge is 0.497 e. The zero-order chi connectivity index (χ0) is 20.4. The number of hydrogen-bond donors (Lipinski definition) is 1. The Bertz CT molecular complexity index is 764. The van der Waals surface area contributed by atoms with Crippen LogP contribution in [0.5, 0.6) is 11.5 Å². The molecule has 0 aliphatic heterocycles. The molecule has 0 radical (unpaired) electrons. The lowest BCUT2D eigenvalue weighted by Gasteiger charge is -2.12. The van der Waals surface area contributed by atoms with Gasteiger partial charge in [-0.2, -0.15) is 0 Å². The first-order chi connectivity index (χ1) is 13.5. The average molecular weight is 424 g/mol. The van der Waals surface area contributed by atoms with Gasteiger partial charge in [0, 0.05) is 6.42 Å². The standard InChI is InChI=1S/C21H25NO6.ClH/c1-25-17-7-3-15(4-8-17)13-27-20(23)12-11-19(22)21(24)28-14-16-5-9-18(26-2)10-6-16;/h3-10,19H,11-14,22H2,1-2H3;1H/t19-;/m0./s1. The summed E-state index contributed by atoms with van der Waals surface area (Å²) >= 11 is 0. The molecule has 0 fully saturated rings. The number of ether oxygens (including phenoxy) is 4. The van der Waals surface area contributed by atoms with Gasteiger partial charge in [0.25, 0.3) is 0 Å². The third-order valence-corrected chi connectivity index (χ3v) is 4.06. The fourth-order valence-corrected chi connectivity index (χ4v) is 2.33.